The number of ether oxygens (including phenoxy) is 1. The fourth-order valence-electron chi connectivity index (χ4n) is 1.86. The van der Waals surface area contributed by atoms with Crippen LogP contribution < -0.4 is 5.32 Å². The van der Waals surface area contributed by atoms with E-state index in [1.54, 1.807) is 39.8 Å². The fraction of sp³-hybridized carbons (Fsp3) is 0.625. The number of nitrogens with one attached hydrogen (secondary N) is 1. The molecule has 0 radical (unpaired) electrons. The molecule has 0 aliphatic heterocycles. The van der Waals surface area contributed by atoms with Crippen molar-refractivity contribution in [1.29, 1.82) is 5.26 Å². The van der Waals surface area contributed by atoms with Gasteiger partial charge >= 0.3 is 6.09 Å². The van der Waals surface area contributed by atoms with E-state index in [4.69, 9.17) is 14.4 Å². The van der Waals surface area contributed by atoms with E-state index in [0.717, 1.165) is 0 Å². The van der Waals surface area contributed by atoms with Gasteiger partial charge in [0.2, 0.25) is 5.76 Å². The molecule has 0 spiro atoms. The quantitative estimate of drug-likeness (QED) is 0.743. The SMILES string of the molecule is CC(O)CN(CCNCc1ccc(C#N)o1)C(=O)OC(C)(C)C. The van der Waals surface area contributed by atoms with Crippen LogP contribution in [0.25, 0.3) is 0 Å². The molecule has 1 amide bonds. The van der Waals surface area contributed by atoms with Gasteiger partial charge in [0.05, 0.1) is 12.6 Å². The monoisotopic (exact) mass is 323 g/mol. The van der Waals surface area contributed by atoms with Crippen LogP contribution in [0.5, 0.6) is 0 Å². The van der Waals surface area contributed by atoms with E-state index < -0.39 is 17.8 Å². The Labute approximate surface area is 136 Å². The summed E-state index contributed by atoms with van der Waals surface area (Å²) in [6.45, 7) is 8.58. The number of hydrogen-bond acceptors (Lipinski definition) is 6. The Hall–Kier alpha value is -2.04. The van der Waals surface area contributed by atoms with Crippen LogP contribution in [0.3, 0.4) is 0 Å². The van der Waals surface area contributed by atoms with Gasteiger partial charge in [-0.2, -0.15) is 5.26 Å². The number of carbonyl (C=O) groups is 1. The Balaban J connectivity index is 2.44. The molecule has 0 fully saturated rings. The number of nitrogens with zero attached hydrogens (tertiary/aromatic N) is 2. The predicted octanol–water partition coefficient (Wildman–Crippen LogP) is 1.86. The lowest BCUT2D eigenvalue weighted by Crippen LogP contribution is -2.43. The van der Waals surface area contributed by atoms with E-state index in [2.05, 4.69) is 5.32 Å². The molecule has 0 aliphatic rings. The normalized spacial score (nSPS) is 12.5. The van der Waals surface area contributed by atoms with Crippen molar-refractivity contribution in [3.8, 4) is 6.07 Å². The molecule has 1 aromatic heterocycles. The van der Waals surface area contributed by atoms with Crippen LogP contribution in [-0.4, -0.2) is 47.4 Å². The van der Waals surface area contributed by atoms with Crippen LogP contribution in [0.4, 0.5) is 4.79 Å². The summed E-state index contributed by atoms with van der Waals surface area (Å²) in [7, 11) is 0. The van der Waals surface area contributed by atoms with Crippen molar-refractivity contribution in [3.63, 3.8) is 0 Å². The first kappa shape index (κ1) is 19.0. The lowest BCUT2D eigenvalue weighted by molar-refractivity contribution is 0.0164. The number of amides is 1. The second-order valence-electron chi connectivity index (χ2n) is 6.33. The van der Waals surface area contributed by atoms with Crippen molar-refractivity contribution in [1.82, 2.24) is 10.2 Å². The largest absolute Gasteiger partial charge is 0.449 e. The van der Waals surface area contributed by atoms with Crippen LogP contribution in [0.15, 0.2) is 16.5 Å². The highest BCUT2D eigenvalue weighted by Crippen LogP contribution is 2.10. The molecule has 7 heteroatoms. The minimum Gasteiger partial charge on any atom is -0.449 e. The third kappa shape index (κ3) is 7.68. The van der Waals surface area contributed by atoms with Gasteiger partial charge < -0.3 is 24.5 Å². The Bertz CT molecular complexity index is 540. The second kappa shape index (κ2) is 8.56. The van der Waals surface area contributed by atoms with Crippen molar-refractivity contribution in [2.45, 2.75) is 45.9 Å². The highest BCUT2D eigenvalue weighted by atomic mass is 16.6. The van der Waals surface area contributed by atoms with Crippen LogP contribution in [0, 0.1) is 11.3 Å². The predicted molar refractivity (Wildman–Crippen MR) is 84.6 cm³/mol. The summed E-state index contributed by atoms with van der Waals surface area (Å²) in [5.74, 6) is 0.923. The van der Waals surface area contributed by atoms with Crippen molar-refractivity contribution in [2.75, 3.05) is 19.6 Å². The molecule has 0 bridgehead atoms. The van der Waals surface area contributed by atoms with E-state index in [0.29, 0.717) is 25.4 Å². The number of hydrogen-bond donors (Lipinski definition) is 2. The van der Waals surface area contributed by atoms with Crippen LogP contribution in [0.1, 0.15) is 39.2 Å². The van der Waals surface area contributed by atoms with E-state index in [-0.39, 0.29) is 12.3 Å². The highest BCUT2D eigenvalue weighted by Gasteiger charge is 2.22. The summed E-state index contributed by atoms with van der Waals surface area (Å²) >= 11 is 0. The molecule has 1 aromatic rings. The van der Waals surface area contributed by atoms with Gasteiger partial charge in [-0.15, -0.1) is 0 Å². The first-order chi connectivity index (χ1) is 10.7. The summed E-state index contributed by atoms with van der Waals surface area (Å²) in [5.41, 5.74) is -0.580. The van der Waals surface area contributed by atoms with Crippen molar-refractivity contribution in [3.05, 3.63) is 23.7 Å². The minimum atomic E-state index is -0.634. The molecule has 1 atom stereocenters. The summed E-state index contributed by atoms with van der Waals surface area (Å²) in [6, 6.07) is 5.26. The van der Waals surface area contributed by atoms with Crippen molar-refractivity contribution in [2.24, 2.45) is 0 Å². The van der Waals surface area contributed by atoms with Gasteiger partial charge in [0.25, 0.3) is 0 Å². The van der Waals surface area contributed by atoms with E-state index in [9.17, 15) is 9.90 Å². The maximum absolute atomic E-state index is 12.1. The van der Waals surface area contributed by atoms with Crippen LogP contribution in [0.2, 0.25) is 0 Å². The van der Waals surface area contributed by atoms with E-state index in [1.807, 2.05) is 6.07 Å². The summed E-state index contributed by atoms with van der Waals surface area (Å²) in [4.78, 5) is 13.6. The maximum atomic E-state index is 12.1. The molecule has 0 saturated heterocycles. The molecular formula is C16H25N3O4. The molecule has 0 saturated carbocycles. The maximum Gasteiger partial charge on any atom is 0.410 e. The number of furan rings is 1. The first-order valence-corrected chi connectivity index (χ1v) is 7.57. The lowest BCUT2D eigenvalue weighted by Gasteiger charge is -2.28. The van der Waals surface area contributed by atoms with Gasteiger partial charge in [-0.1, -0.05) is 0 Å². The zero-order chi connectivity index (χ0) is 17.5. The summed E-state index contributed by atoms with van der Waals surface area (Å²) in [6.07, 6.45) is -1.09. The zero-order valence-corrected chi connectivity index (χ0v) is 14.1. The smallest absolute Gasteiger partial charge is 0.410 e. The average molecular weight is 323 g/mol. The molecule has 0 aliphatic carbocycles. The standard InChI is InChI=1S/C16H25N3O4/c1-12(20)11-19(15(21)23-16(2,3)4)8-7-18-10-14-6-5-13(9-17)22-14/h5-6,12,18,20H,7-8,10-11H2,1-4H3. The molecule has 7 nitrogen and oxygen atoms in total. The van der Waals surface area contributed by atoms with Gasteiger partial charge in [-0.3, -0.25) is 0 Å². The number of rotatable bonds is 7. The molecule has 1 heterocycles. The topological polar surface area (TPSA) is 98.7 Å². The number of nitriles is 1. The molecule has 1 rings (SSSR count). The van der Waals surface area contributed by atoms with Crippen LogP contribution >= 0.6 is 0 Å². The lowest BCUT2D eigenvalue weighted by atomic mass is 10.2. The summed E-state index contributed by atoms with van der Waals surface area (Å²) < 4.78 is 10.6. The minimum absolute atomic E-state index is 0.204. The van der Waals surface area contributed by atoms with Gasteiger partial charge in [0.15, 0.2) is 0 Å². The van der Waals surface area contributed by atoms with Crippen molar-refractivity contribution < 1.29 is 19.1 Å². The van der Waals surface area contributed by atoms with Crippen LogP contribution in [-0.2, 0) is 11.3 Å². The third-order valence-electron chi connectivity index (χ3n) is 2.77. The molecule has 0 aromatic carbocycles. The Kier molecular flexibility index (Phi) is 7.07. The fourth-order valence-corrected chi connectivity index (χ4v) is 1.86. The van der Waals surface area contributed by atoms with Crippen molar-refractivity contribution >= 4 is 6.09 Å². The molecular weight excluding hydrogens is 298 g/mol. The second-order valence-corrected chi connectivity index (χ2v) is 6.33. The Morgan fingerprint density at radius 3 is 2.74 bits per heavy atom. The summed E-state index contributed by atoms with van der Waals surface area (Å²) in [5, 5.41) is 21.3. The number of carbonyl (C=O) groups excluding carboxylic acids is 1. The zero-order valence-electron chi connectivity index (χ0n) is 14.1. The Morgan fingerprint density at radius 1 is 1.52 bits per heavy atom. The third-order valence-corrected chi connectivity index (χ3v) is 2.77. The van der Waals surface area contributed by atoms with E-state index in [1.165, 1.54) is 4.90 Å². The number of aliphatic hydroxyl groups excluding tert-OH is 1. The first-order valence-electron chi connectivity index (χ1n) is 7.57. The highest BCUT2D eigenvalue weighted by molar-refractivity contribution is 5.68. The van der Waals surface area contributed by atoms with Gasteiger partial charge in [-0.25, -0.2) is 4.79 Å². The Morgan fingerprint density at radius 2 is 2.22 bits per heavy atom. The van der Waals surface area contributed by atoms with Gasteiger partial charge in [0.1, 0.15) is 17.4 Å². The van der Waals surface area contributed by atoms with Gasteiger partial charge in [-0.05, 0) is 39.8 Å². The molecule has 2 N–H and O–H groups in total. The van der Waals surface area contributed by atoms with Gasteiger partial charge in [0, 0.05) is 19.6 Å². The molecule has 23 heavy (non-hydrogen) atoms. The van der Waals surface area contributed by atoms with E-state index >= 15 is 0 Å². The number of aliphatic hydroxyl groups is 1. The average Bonchev–Trinajstić information content (AvgIpc) is 2.87. The molecule has 128 valence electrons. The molecule has 1 unspecified atom stereocenters.